The van der Waals surface area contributed by atoms with Gasteiger partial charge in [-0.1, -0.05) is 145 Å². The maximum atomic E-state index is 14.6. The molecule has 22 heteroatoms. The molecule has 0 aliphatic carbocycles. The molecule has 80 heavy (non-hydrogen) atoms. The Bertz CT molecular complexity index is 2820. The molecule has 0 amide bonds. The van der Waals surface area contributed by atoms with Gasteiger partial charge in [0.15, 0.2) is 25.0 Å². The first-order valence-electron chi connectivity index (χ1n) is 26.1. The number of azide groups is 2. The zero-order chi connectivity index (χ0) is 56.2. The van der Waals surface area contributed by atoms with Crippen molar-refractivity contribution < 1.29 is 76.0 Å². The lowest BCUT2D eigenvalue weighted by Crippen LogP contribution is -2.67. The van der Waals surface area contributed by atoms with Crippen molar-refractivity contribution in [1.82, 2.24) is 0 Å². The van der Waals surface area contributed by atoms with Crippen LogP contribution in [0.15, 0.2) is 162 Å². The molecular weight excluding hydrogens is 1040 g/mol. The summed E-state index contributed by atoms with van der Waals surface area (Å²) in [5, 5.41) is 8.27. The standard InChI is InChI=1S/C58H64N6O16/c1-5-42-48(51(45(61-63-59)56(69-4)75-42)72-32-38-23-13-7-14-24-38)80-58-53(78-55(67)41-29-19-10-20-30-41)52(73-33-39-25-15-8-16-26-39)49(44(77-58)34-70-36(2)65)79-57-46(62-64-60)50(71-31-37-21-11-6-12-22-37)47(68-3)43(76-57)35-74-54(66)40-27-17-9-18-28-40/h6-30,42-53,56-58H,5,31-35H2,1-4H3/t42?,43?,44-,45+,46+,47?,48?,49+,50+,51+,52?,53?,56?,57?,58+/m0/s1. The largest absolute Gasteiger partial charge is 0.463 e. The van der Waals surface area contributed by atoms with Gasteiger partial charge in [0.05, 0.1) is 37.1 Å². The van der Waals surface area contributed by atoms with E-state index in [2.05, 4.69) is 20.1 Å². The molecule has 3 aliphatic rings. The third kappa shape index (κ3) is 15.3. The molecule has 3 saturated heterocycles. The molecule has 5 aromatic carbocycles. The molecular formula is C58H64N6O16. The lowest BCUT2D eigenvalue weighted by Gasteiger charge is -2.51. The van der Waals surface area contributed by atoms with E-state index in [1.807, 2.05) is 97.9 Å². The van der Waals surface area contributed by atoms with Gasteiger partial charge >= 0.3 is 17.9 Å². The molecule has 0 N–H and O–H groups in total. The van der Waals surface area contributed by atoms with E-state index < -0.39 is 123 Å². The fourth-order valence-corrected chi connectivity index (χ4v) is 9.74. The number of rotatable bonds is 25. The van der Waals surface area contributed by atoms with Gasteiger partial charge in [0, 0.05) is 31.0 Å². The smallest absolute Gasteiger partial charge is 0.338 e. The number of nitrogens with zero attached hydrogens (tertiary/aromatic N) is 6. The second-order valence-corrected chi connectivity index (χ2v) is 18.9. The van der Waals surface area contributed by atoms with Gasteiger partial charge in [-0.05, 0) is 58.4 Å². The summed E-state index contributed by atoms with van der Waals surface area (Å²) in [5.74, 6) is -2.16. The summed E-state index contributed by atoms with van der Waals surface area (Å²) in [5.41, 5.74) is 22.9. The van der Waals surface area contributed by atoms with Crippen LogP contribution in [-0.2, 0) is 86.2 Å². The van der Waals surface area contributed by atoms with Gasteiger partial charge in [-0.3, -0.25) is 4.79 Å². The summed E-state index contributed by atoms with van der Waals surface area (Å²) in [6, 6.07) is 41.8. The highest BCUT2D eigenvalue weighted by molar-refractivity contribution is 5.89. The molecule has 3 fully saturated rings. The Morgan fingerprint density at radius 2 is 0.887 bits per heavy atom. The van der Waals surface area contributed by atoms with Crippen LogP contribution in [0.3, 0.4) is 0 Å². The predicted molar refractivity (Wildman–Crippen MR) is 284 cm³/mol. The van der Waals surface area contributed by atoms with Crippen molar-refractivity contribution in [2.24, 2.45) is 10.2 Å². The molecule has 5 aromatic rings. The van der Waals surface area contributed by atoms with E-state index in [1.54, 1.807) is 60.7 Å². The SMILES string of the molecule is CCC1OC(OC)[C@H](N=[N+]=[N-])[C@@H](OCc2ccccc2)C1O[C@H]1O[C@@H](COC(C)=O)[C@@H](OC2OC(COC(=O)c3ccccc3)C(OC)[C@H](OCc3ccccc3)[C@H]2N=[N+]=[N-])C(OCc2ccccc2)C1OC(=O)c1ccccc1. The number of esters is 3. The number of carbonyl (C=O) groups excluding carboxylic acids is 3. The molecule has 8 rings (SSSR count). The zero-order valence-corrected chi connectivity index (χ0v) is 44.6. The first kappa shape index (κ1) is 58.9. The molecule has 3 aliphatic heterocycles. The van der Waals surface area contributed by atoms with Gasteiger partial charge < -0.3 is 61.6 Å². The molecule has 422 valence electrons. The second kappa shape index (κ2) is 29.8. The summed E-state index contributed by atoms with van der Waals surface area (Å²) in [6.45, 7) is 2.11. The Morgan fingerprint density at radius 3 is 1.38 bits per heavy atom. The van der Waals surface area contributed by atoms with E-state index in [-0.39, 0.29) is 30.9 Å². The van der Waals surface area contributed by atoms with E-state index in [0.717, 1.165) is 11.1 Å². The highest BCUT2D eigenvalue weighted by atomic mass is 16.8. The van der Waals surface area contributed by atoms with Crippen molar-refractivity contribution in [3.63, 3.8) is 0 Å². The average Bonchev–Trinajstić information content (AvgIpc) is 3.51. The van der Waals surface area contributed by atoms with Crippen molar-refractivity contribution in [3.8, 4) is 0 Å². The normalized spacial score (nSPS) is 28.3. The molecule has 8 unspecified atom stereocenters. The summed E-state index contributed by atoms with van der Waals surface area (Å²) in [4.78, 5) is 47.2. The lowest BCUT2D eigenvalue weighted by molar-refractivity contribution is -0.371. The predicted octanol–water partition coefficient (Wildman–Crippen LogP) is 8.76. The molecule has 0 radical (unpaired) electrons. The number of methoxy groups -OCH3 is 2. The maximum absolute atomic E-state index is 14.6. The number of hydrogen-bond acceptors (Lipinski definition) is 18. The first-order valence-corrected chi connectivity index (χ1v) is 26.1. The first-order chi connectivity index (χ1) is 39.1. The quantitative estimate of drug-likeness (QED) is 0.0174. The van der Waals surface area contributed by atoms with Crippen molar-refractivity contribution in [3.05, 3.63) is 200 Å². The highest BCUT2D eigenvalue weighted by Gasteiger charge is 2.57. The lowest BCUT2D eigenvalue weighted by atomic mass is 9.93. The summed E-state index contributed by atoms with van der Waals surface area (Å²) in [6.07, 6.45) is -16.2. The zero-order valence-electron chi connectivity index (χ0n) is 44.6. The van der Waals surface area contributed by atoms with Crippen LogP contribution >= 0.6 is 0 Å². The summed E-state index contributed by atoms with van der Waals surface area (Å²) in [7, 11) is 2.83. The highest BCUT2D eigenvalue weighted by Crippen LogP contribution is 2.39. The Kier molecular flexibility index (Phi) is 21.9. The van der Waals surface area contributed by atoms with Gasteiger partial charge in [0.1, 0.15) is 74.1 Å². The van der Waals surface area contributed by atoms with Crippen LogP contribution in [0.2, 0.25) is 0 Å². The molecule has 0 spiro atoms. The number of benzene rings is 5. The average molecular weight is 1100 g/mol. The Labute approximate surface area is 462 Å². The van der Waals surface area contributed by atoms with E-state index >= 15 is 0 Å². The van der Waals surface area contributed by atoms with Crippen LogP contribution in [0, 0.1) is 0 Å². The molecule has 0 saturated carbocycles. The van der Waals surface area contributed by atoms with Crippen molar-refractivity contribution in [2.75, 3.05) is 27.4 Å². The Hall–Kier alpha value is -7.27. The monoisotopic (exact) mass is 1100 g/mol. The summed E-state index contributed by atoms with van der Waals surface area (Å²) < 4.78 is 84.0. The van der Waals surface area contributed by atoms with Gasteiger partial charge in [0.2, 0.25) is 0 Å². The second-order valence-electron chi connectivity index (χ2n) is 18.9. The van der Waals surface area contributed by atoms with Crippen LogP contribution in [0.1, 0.15) is 57.7 Å². The van der Waals surface area contributed by atoms with E-state index in [0.29, 0.717) is 12.0 Å². The maximum Gasteiger partial charge on any atom is 0.338 e. The topological polar surface area (TPSA) is 269 Å². The van der Waals surface area contributed by atoms with Crippen molar-refractivity contribution >= 4 is 17.9 Å². The minimum atomic E-state index is -1.62. The molecule has 3 heterocycles. The van der Waals surface area contributed by atoms with Crippen LogP contribution in [0.25, 0.3) is 20.9 Å². The number of carbonyl (C=O) groups is 3. The minimum Gasteiger partial charge on any atom is -0.463 e. The van der Waals surface area contributed by atoms with Gasteiger partial charge in [0.25, 0.3) is 0 Å². The number of ether oxygens (including phenoxy) is 13. The van der Waals surface area contributed by atoms with Crippen LogP contribution in [0.5, 0.6) is 0 Å². The van der Waals surface area contributed by atoms with Crippen LogP contribution < -0.4 is 0 Å². The molecule has 0 aromatic heterocycles. The van der Waals surface area contributed by atoms with E-state index in [4.69, 9.17) is 61.6 Å². The number of hydrogen-bond donors (Lipinski definition) is 0. The van der Waals surface area contributed by atoms with Gasteiger partial charge in [-0.15, -0.1) is 0 Å². The fourth-order valence-electron chi connectivity index (χ4n) is 9.74. The third-order valence-corrected chi connectivity index (χ3v) is 13.6. The third-order valence-electron chi connectivity index (χ3n) is 13.6. The summed E-state index contributed by atoms with van der Waals surface area (Å²) >= 11 is 0. The molecule has 15 atom stereocenters. The van der Waals surface area contributed by atoms with E-state index in [9.17, 15) is 25.4 Å². The molecule has 22 nitrogen and oxygen atoms in total. The fraction of sp³-hybridized carbons (Fsp3) is 0.431. The van der Waals surface area contributed by atoms with E-state index in [1.165, 1.54) is 21.1 Å². The van der Waals surface area contributed by atoms with Crippen molar-refractivity contribution in [1.29, 1.82) is 0 Å². The minimum absolute atomic E-state index is 0.0123. The Morgan fingerprint density at radius 1 is 0.475 bits per heavy atom. The van der Waals surface area contributed by atoms with Crippen LogP contribution in [0.4, 0.5) is 0 Å². The van der Waals surface area contributed by atoms with Gasteiger partial charge in [-0.25, -0.2) is 9.59 Å². The van der Waals surface area contributed by atoms with Gasteiger partial charge in [-0.2, -0.15) is 0 Å². The van der Waals surface area contributed by atoms with Crippen LogP contribution in [-0.4, -0.2) is 137 Å². The molecule has 0 bridgehead atoms. The Balaban J connectivity index is 1.23. The van der Waals surface area contributed by atoms with Crippen molar-refractivity contribution in [2.45, 2.75) is 132 Å².